The second-order valence-electron chi connectivity index (χ2n) is 7.57. The Morgan fingerprint density at radius 3 is 2.59 bits per heavy atom. The van der Waals surface area contributed by atoms with Crippen molar-refractivity contribution >= 4 is 40.2 Å². The van der Waals surface area contributed by atoms with Crippen LogP contribution in [0.15, 0.2) is 60.8 Å². The van der Waals surface area contributed by atoms with Gasteiger partial charge in [0, 0.05) is 23.6 Å². The Kier molecular flexibility index (Phi) is 6.35. The fourth-order valence-corrected chi connectivity index (χ4v) is 3.56. The first kappa shape index (κ1) is 22.7. The molecule has 0 aliphatic rings. The molecular formula is C25H23N5O4. The summed E-state index contributed by atoms with van der Waals surface area (Å²) in [4.78, 5) is 41.7. The average molecular weight is 457 g/mol. The zero-order valence-electron chi connectivity index (χ0n) is 19.0. The molecule has 4 aromatic rings. The van der Waals surface area contributed by atoms with Gasteiger partial charge in [-0.1, -0.05) is 24.3 Å². The van der Waals surface area contributed by atoms with Crippen LogP contribution in [0.1, 0.15) is 40.1 Å². The molecule has 0 unspecified atom stereocenters. The Labute approximate surface area is 195 Å². The number of esters is 1. The molecule has 2 aromatic carbocycles. The zero-order chi connectivity index (χ0) is 24.2. The molecule has 0 saturated carbocycles. The number of nitrogens with zero attached hydrogens (tertiary/aromatic N) is 3. The van der Waals surface area contributed by atoms with Crippen molar-refractivity contribution in [3.8, 4) is 5.82 Å². The van der Waals surface area contributed by atoms with Crippen LogP contribution in [0.2, 0.25) is 0 Å². The minimum Gasteiger partial charge on any atom is -0.462 e. The summed E-state index contributed by atoms with van der Waals surface area (Å²) in [5.41, 5.74) is 2.59. The lowest BCUT2D eigenvalue weighted by Gasteiger charge is -2.13. The third-order valence-corrected chi connectivity index (χ3v) is 5.07. The van der Waals surface area contributed by atoms with Crippen LogP contribution in [0, 0.1) is 6.92 Å². The van der Waals surface area contributed by atoms with E-state index in [9.17, 15) is 14.4 Å². The van der Waals surface area contributed by atoms with Crippen molar-refractivity contribution in [2.24, 2.45) is 0 Å². The lowest BCUT2D eigenvalue weighted by atomic mass is 10.1. The smallest absolute Gasteiger partial charge is 0.343 e. The van der Waals surface area contributed by atoms with E-state index in [4.69, 9.17) is 4.74 Å². The number of ether oxygens (including phenoxy) is 1. The molecule has 2 amide bonds. The first-order valence-corrected chi connectivity index (χ1v) is 10.7. The van der Waals surface area contributed by atoms with Crippen LogP contribution < -0.4 is 10.6 Å². The van der Waals surface area contributed by atoms with Gasteiger partial charge in [0.1, 0.15) is 5.56 Å². The first-order valence-electron chi connectivity index (χ1n) is 10.7. The quantitative estimate of drug-likeness (QED) is 0.421. The maximum Gasteiger partial charge on any atom is 0.343 e. The van der Waals surface area contributed by atoms with E-state index in [-0.39, 0.29) is 29.5 Å². The van der Waals surface area contributed by atoms with E-state index in [1.807, 2.05) is 37.3 Å². The van der Waals surface area contributed by atoms with Crippen LogP contribution in [-0.2, 0) is 9.53 Å². The van der Waals surface area contributed by atoms with E-state index < -0.39 is 11.9 Å². The molecule has 0 atom stereocenters. The number of carbonyl (C=O) groups is 3. The third-order valence-electron chi connectivity index (χ3n) is 5.07. The molecule has 0 radical (unpaired) electrons. The average Bonchev–Trinajstić information content (AvgIpc) is 3.22. The summed E-state index contributed by atoms with van der Waals surface area (Å²) in [6.45, 7) is 5.20. The van der Waals surface area contributed by atoms with Crippen LogP contribution >= 0.6 is 0 Å². The molecule has 0 spiro atoms. The number of nitrogens with one attached hydrogen (secondary N) is 2. The van der Waals surface area contributed by atoms with E-state index in [0.29, 0.717) is 11.5 Å². The minimum atomic E-state index is -0.617. The summed E-state index contributed by atoms with van der Waals surface area (Å²) >= 11 is 0. The summed E-state index contributed by atoms with van der Waals surface area (Å²) in [6.07, 6.45) is 1.34. The van der Waals surface area contributed by atoms with Gasteiger partial charge in [-0.15, -0.1) is 0 Å². The van der Waals surface area contributed by atoms with E-state index in [1.165, 1.54) is 17.8 Å². The number of hydrogen-bond donors (Lipinski definition) is 2. The standard InChI is InChI=1S/C25H23N5O4/c1-4-34-25(33)20-14-26-30(22-12-15(2)19-10-5-6-11-21(19)28-22)23(20)29-24(32)17-8-7-9-18(13-17)27-16(3)31/h5-14H,4H2,1-3H3,(H,27,31)(H,29,32). The van der Waals surface area contributed by atoms with Gasteiger partial charge in [-0.3, -0.25) is 9.59 Å². The lowest BCUT2D eigenvalue weighted by Crippen LogP contribution is -2.19. The van der Waals surface area contributed by atoms with Gasteiger partial charge in [-0.05, 0) is 49.7 Å². The monoisotopic (exact) mass is 457 g/mol. The molecule has 0 saturated heterocycles. The van der Waals surface area contributed by atoms with Crippen LogP contribution in [0.5, 0.6) is 0 Å². The number of hydrogen-bond acceptors (Lipinski definition) is 6. The van der Waals surface area contributed by atoms with Crippen molar-refractivity contribution in [1.82, 2.24) is 14.8 Å². The maximum atomic E-state index is 13.1. The van der Waals surface area contributed by atoms with E-state index in [0.717, 1.165) is 16.5 Å². The summed E-state index contributed by atoms with van der Waals surface area (Å²) in [7, 11) is 0. The number of amides is 2. The Morgan fingerprint density at radius 1 is 1.03 bits per heavy atom. The second kappa shape index (κ2) is 9.53. The summed E-state index contributed by atoms with van der Waals surface area (Å²) in [6, 6.07) is 16.0. The molecule has 0 bridgehead atoms. The summed E-state index contributed by atoms with van der Waals surface area (Å²) < 4.78 is 6.55. The van der Waals surface area contributed by atoms with Crippen molar-refractivity contribution < 1.29 is 19.1 Å². The number of aromatic nitrogens is 3. The van der Waals surface area contributed by atoms with Gasteiger partial charge in [0.15, 0.2) is 11.6 Å². The molecule has 2 N–H and O–H groups in total. The van der Waals surface area contributed by atoms with Gasteiger partial charge in [0.2, 0.25) is 5.91 Å². The van der Waals surface area contributed by atoms with Crippen molar-refractivity contribution in [3.05, 3.63) is 77.5 Å². The summed E-state index contributed by atoms with van der Waals surface area (Å²) in [5, 5.41) is 10.7. The Hall–Kier alpha value is -4.53. The van der Waals surface area contributed by atoms with E-state index in [1.54, 1.807) is 31.2 Å². The highest BCUT2D eigenvalue weighted by Gasteiger charge is 2.23. The van der Waals surface area contributed by atoms with Crippen LogP contribution in [0.25, 0.3) is 16.7 Å². The fraction of sp³-hybridized carbons (Fsp3) is 0.160. The molecule has 2 aromatic heterocycles. The largest absolute Gasteiger partial charge is 0.462 e. The highest BCUT2D eigenvalue weighted by atomic mass is 16.5. The maximum absolute atomic E-state index is 13.1. The topological polar surface area (TPSA) is 115 Å². The van der Waals surface area contributed by atoms with Crippen molar-refractivity contribution in [2.75, 3.05) is 17.2 Å². The molecule has 0 fully saturated rings. The molecule has 4 rings (SSSR count). The first-order chi connectivity index (χ1) is 16.4. The Balaban J connectivity index is 1.77. The number of carbonyl (C=O) groups excluding carboxylic acids is 3. The van der Waals surface area contributed by atoms with Crippen LogP contribution in [-0.4, -0.2) is 39.2 Å². The molecule has 2 heterocycles. The number of fused-ring (bicyclic) bond motifs is 1. The highest BCUT2D eigenvalue weighted by Crippen LogP contribution is 2.25. The van der Waals surface area contributed by atoms with Crippen LogP contribution in [0.3, 0.4) is 0 Å². The predicted octanol–water partition coefficient (Wildman–Crippen LogP) is 4.12. The molecule has 0 aliphatic heterocycles. The normalized spacial score (nSPS) is 10.7. The van der Waals surface area contributed by atoms with Crippen molar-refractivity contribution in [2.45, 2.75) is 20.8 Å². The second-order valence-corrected chi connectivity index (χ2v) is 7.57. The predicted molar refractivity (Wildman–Crippen MR) is 128 cm³/mol. The molecule has 0 aliphatic carbocycles. The molecule has 172 valence electrons. The Morgan fingerprint density at radius 2 is 1.82 bits per heavy atom. The minimum absolute atomic E-state index is 0.0980. The number of benzene rings is 2. The van der Waals surface area contributed by atoms with Crippen LogP contribution in [0.4, 0.5) is 11.5 Å². The number of aryl methyl sites for hydroxylation is 1. The van der Waals surface area contributed by atoms with Gasteiger partial charge < -0.3 is 15.4 Å². The fourth-order valence-electron chi connectivity index (χ4n) is 3.56. The Bertz CT molecular complexity index is 1410. The van der Waals surface area contributed by atoms with Crippen molar-refractivity contribution in [3.63, 3.8) is 0 Å². The van der Waals surface area contributed by atoms with Crippen molar-refractivity contribution in [1.29, 1.82) is 0 Å². The zero-order valence-corrected chi connectivity index (χ0v) is 19.0. The third kappa shape index (κ3) is 4.63. The highest BCUT2D eigenvalue weighted by molar-refractivity contribution is 6.08. The van der Waals surface area contributed by atoms with Gasteiger partial charge in [-0.2, -0.15) is 9.78 Å². The molecular weight excluding hydrogens is 434 g/mol. The number of para-hydroxylation sites is 1. The number of pyridine rings is 1. The molecule has 9 heteroatoms. The molecule has 34 heavy (non-hydrogen) atoms. The lowest BCUT2D eigenvalue weighted by molar-refractivity contribution is -0.114. The van der Waals surface area contributed by atoms with E-state index >= 15 is 0 Å². The SMILES string of the molecule is CCOC(=O)c1cnn(-c2cc(C)c3ccccc3n2)c1NC(=O)c1cccc(NC(C)=O)c1. The summed E-state index contributed by atoms with van der Waals surface area (Å²) in [5.74, 6) is -0.784. The van der Waals surface area contributed by atoms with Gasteiger partial charge in [0.25, 0.3) is 5.91 Å². The number of anilines is 2. The van der Waals surface area contributed by atoms with Gasteiger partial charge in [0.05, 0.1) is 18.3 Å². The molecule has 9 nitrogen and oxygen atoms in total. The number of rotatable bonds is 6. The van der Waals surface area contributed by atoms with E-state index in [2.05, 4.69) is 20.7 Å². The van der Waals surface area contributed by atoms with Gasteiger partial charge >= 0.3 is 5.97 Å². The van der Waals surface area contributed by atoms with Gasteiger partial charge in [-0.25, -0.2) is 9.78 Å².